The molecular formula is C14H15N5. The first kappa shape index (κ1) is 12.8. The van der Waals surface area contributed by atoms with E-state index >= 15 is 0 Å². The van der Waals surface area contributed by atoms with Crippen LogP contribution >= 0.6 is 0 Å². The maximum absolute atomic E-state index is 8.84. The van der Waals surface area contributed by atoms with Gasteiger partial charge in [0.05, 0.1) is 11.6 Å². The Morgan fingerprint density at radius 3 is 2.89 bits per heavy atom. The van der Waals surface area contributed by atoms with Gasteiger partial charge in [-0.2, -0.15) is 5.26 Å². The molecule has 0 aliphatic rings. The van der Waals surface area contributed by atoms with Gasteiger partial charge < -0.3 is 11.1 Å². The number of anilines is 2. The van der Waals surface area contributed by atoms with Crippen LogP contribution in [0.25, 0.3) is 0 Å². The zero-order chi connectivity index (χ0) is 13.7. The van der Waals surface area contributed by atoms with Crippen LogP contribution in [0, 0.1) is 11.3 Å². The van der Waals surface area contributed by atoms with Crippen molar-refractivity contribution in [1.82, 2.24) is 9.97 Å². The summed E-state index contributed by atoms with van der Waals surface area (Å²) in [6.45, 7) is 2.57. The zero-order valence-corrected chi connectivity index (χ0v) is 10.7. The summed E-state index contributed by atoms with van der Waals surface area (Å²) in [7, 11) is 0. The van der Waals surface area contributed by atoms with Crippen molar-refractivity contribution in [3.05, 3.63) is 47.3 Å². The van der Waals surface area contributed by atoms with Crippen molar-refractivity contribution in [2.75, 3.05) is 11.1 Å². The second-order valence-corrected chi connectivity index (χ2v) is 4.11. The van der Waals surface area contributed by atoms with E-state index in [-0.39, 0.29) is 0 Å². The average molecular weight is 253 g/mol. The summed E-state index contributed by atoms with van der Waals surface area (Å²) in [4.78, 5) is 8.46. The Bertz CT molecular complexity index is 615. The first-order valence-corrected chi connectivity index (χ1v) is 6.07. The quantitative estimate of drug-likeness (QED) is 0.871. The van der Waals surface area contributed by atoms with Gasteiger partial charge in [-0.05, 0) is 17.7 Å². The number of nitrogens with zero attached hydrogens (tertiary/aromatic N) is 3. The van der Waals surface area contributed by atoms with Gasteiger partial charge in [0.25, 0.3) is 0 Å². The van der Waals surface area contributed by atoms with Gasteiger partial charge in [-0.25, -0.2) is 9.97 Å². The Morgan fingerprint density at radius 2 is 2.16 bits per heavy atom. The van der Waals surface area contributed by atoms with E-state index in [1.807, 2.05) is 25.1 Å². The molecule has 0 fully saturated rings. The van der Waals surface area contributed by atoms with E-state index < -0.39 is 0 Å². The average Bonchev–Trinajstić information content (AvgIpc) is 2.44. The van der Waals surface area contributed by atoms with Crippen LogP contribution in [0.4, 0.5) is 11.6 Å². The van der Waals surface area contributed by atoms with Gasteiger partial charge in [0.1, 0.15) is 17.5 Å². The van der Waals surface area contributed by atoms with E-state index in [2.05, 4.69) is 21.4 Å². The van der Waals surface area contributed by atoms with Crippen LogP contribution in [0.3, 0.4) is 0 Å². The second kappa shape index (κ2) is 5.83. The standard InChI is InChI=1S/C14H15N5/c1-2-13-18-12(16)7-14(19-13)17-9-11-5-3-4-10(6-11)8-15/h3-7H,2,9H2,1H3,(H3,16,17,18,19). The van der Waals surface area contributed by atoms with Crippen molar-refractivity contribution in [2.45, 2.75) is 19.9 Å². The van der Waals surface area contributed by atoms with Crippen LogP contribution < -0.4 is 11.1 Å². The Hall–Kier alpha value is -2.61. The van der Waals surface area contributed by atoms with E-state index in [1.165, 1.54) is 0 Å². The fraction of sp³-hybridized carbons (Fsp3) is 0.214. The van der Waals surface area contributed by atoms with Crippen LogP contribution in [-0.2, 0) is 13.0 Å². The first-order chi connectivity index (χ1) is 9.21. The maximum atomic E-state index is 8.84. The Balaban J connectivity index is 2.10. The third-order valence-electron chi connectivity index (χ3n) is 2.64. The van der Waals surface area contributed by atoms with Crippen LogP contribution in [-0.4, -0.2) is 9.97 Å². The Kier molecular flexibility index (Phi) is 3.94. The molecule has 0 saturated carbocycles. The number of nitrogen functional groups attached to an aromatic ring is 1. The summed E-state index contributed by atoms with van der Waals surface area (Å²) >= 11 is 0. The van der Waals surface area contributed by atoms with Crippen molar-refractivity contribution < 1.29 is 0 Å². The van der Waals surface area contributed by atoms with Crippen molar-refractivity contribution >= 4 is 11.6 Å². The fourth-order valence-corrected chi connectivity index (χ4v) is 1.71. The summed E-state index contributed by atoms with van der Waals surface area (Å²) in [5.74, 6) is 1.88. The molecule has 1 aromatic carbocycles. The Labute approximate surface area is 112 Å². The topological polar surface area (TPSA) is 87.6 Å². The predicted molar refractivity (Wildman–Crippen MR) is 74.3 cm³/mol. The molecule has 1 aromatic heterocycles. The number of aromatic nitrogens is 2. The van der Waals surface area contributed by atoms with Crippen molar-refractivity contribution in [3.8, 4) is 6.07 Å². The summed E-state index contributed by atoms with van der Waals surface area (Å²) < 4.78 is 0. The van der Waals surface area contributed by atoms with Crippen molar-refractivity contribution in [2.24, 2.45) is 0 Å². The minimum atomic E-state index is 0.458. The molecule has 19 heavy (non-hydrogen) atoms. The molecular weight excluding hydrogens is 238 g/mol. The lowest BCUT2D eigenvalue weighted by atomic mass is 10.1. The van der Waals surface area contributed by atoms with E-state index in [4.69, 9.17) is 11.0 Å². The highest BCUT2D eigenvalue weighted by Crippen LogP contribution is 2.11. The van der Waals surface area contributed by atoms with Crippen LogP contribution in [0.2, 0.25) is 0 Å². The lowest BCUT2D eigenvalue weighted by Crippen LogP contribution is -2.06. The highest BCUT2D eigenvalue weighted by Gasteiger charge is 2.01. The third kappa shape index (κ3) is 3.42. The van der Waals surface area contributed by atoms with Crippen LogP contribution in [0.15, 0.2) is 30.3 Å². The molecule has 0 atom stereocenters. The van der Waals surface area contributed by atoms with Crippen LogP contribution in [0.1, 0.15) is 23.9 Å². The third-order valence-corrected chi connectivity index (χ3v) is 2.64. The number of rotatable bonds is 4. The van der Waals surface area contributed by atoms with Crippen molar-refractivity contribution in [3.63, 3.8) is 0 Å². The zero-order valence-electron chi connectivity index (χ0n) is 10.7. The fourth-order valence-electron chi connectivity index (χ4n) is 1.71. The van der Waals surface area contributed by atoms with Crippen LogP contribution in [0.5, 0.6) is 0 Å². The number of hydrogen-bond acceptors (Lipinski definition) is 5. The molecule has 3 N–H and O–H groups in total. The molecule has 2 aromatic rings. The minimum Gasteiger partial charge on any atom is -0.384 e. The van der Waals surface area contributed by atoms with E-state index in [0.29, 0.717) is 29.6 Å². The van der Waals surface area contributed by atoms with Crippen molar-refractivity contribution in [1.29, 1.82) is 5.26 Å². The molecule has 96 valence electrons. The summed E-state index contributed by atoms with van der Waals surface area (Å²) in [5.41, 5.74) is 7.39. The predicted octanol–water partition coefficient (Wildman–Crippen LogP) is 2.10. The molecule has 0 aliphatic heterocycles. The monoisotopic (exact) mass is 253 g/mol. The van der Waals surface area contributed by atoms with Gasteiger partial charge in [-0.1, -0.05) is 19.1 Å². The van der Waals surface area contributed by atoms with E-state index in [9.17, 15) is 0 Å². The number of aryl methyl sites for hydroxylation is 1. The number of nitriles is 1. The highest BCUT2D eigenvalue weighted by molar-refractivity contribution is 5.45. The largest absolute Gasteiger partial charge is 0.384 e. The van der Waals surface area contributed by atoms with Gasteiger partial charge in [0.2, 0.25) is 0 Å². The molecule has 0 unspecified atom stereocenters. The number of nitrogens with two attached hydrogens (primary N) is 1. The van der Waals surface area contributed by atoms with Gasteiger partial charge >= 0.3 is 0 Å². The van der Waals surface area contributed by atoms with E-state index in [1.54, 1.807) is 12.1 Å². The number of benzene rings is 1. The molecule has 0 bridgehead atoms. The summed E-state index contributed by atoms with van der Waals surface area (Å²) in [6.07, 6.45) is 0.740. The van der Waals surface area contributed by atoms with Gasteiger partial charge in [0.15, 0.2) is 0 Å². The van der Waals surface area contributed by atoms with Gasteiger partial charge in [-0.3, -0.25) is 0 Å². The summed E-state index contributed by atoms with van der Waals surface area (Å²) in [5, 5.41) is 12.0. The molecule has 0 spiro atoms. The van der Waals surface area contributed by atoms with Gasteiger partial charge in [-0.15, -0.1) is 0 Å². The normalized spacial score (nSPS) is 9.89. The first-order valence-electron chi connectivity index (χ1n) is 6.07. The molecule has 0 amide bonds. The molecule has 0 radical (unpaired) electrons. The lowest BCUT2D eigenvalue weighted by Gasteiger charge is -2.08. The number of hydrogen-bond donors (Lipinski definition) is 2. The second-order valence-electron chi connectivity index (χ2n) is 4.11. The smallest absolute Gasteiger partial charge is 0.132 e. The molecule has 0 saturated heterocycles. The molecule has 1 heterocycles. The Morgan fingerprint density at radius 1 is 1.32 bits per heavy atom. The van der Waals surface area contributed by atoms with E-state index in [0.717, 1.165) is 12.0 Å². The van der Waals surface area contributed by atoms with Gasteiger partial charge in [0, 0.05) is 19.0 Å². The molecule has 0 aliphatic carbocycles. The number of nitrogens with one attached hydrogen (secondary N) is 1. The minimum absolute atomic E-state index is 0.458. The molecule has 5 heteroatoms. The molecule has 5 nitrogen and oxygen atoms in total. The SMILES string of the molecule is CCc1nc(N)cc(NCc2cccc(C#N)c2)n1. The molecule has 2 rings (SSSR count). The maximum Gasteiger partial charge on any atom is 0.132 e. The lowest BCUT2D eigenvalue weighted by molar-refractivity contribution is 0.938. The summed E-state index contributed by atoms with van der Waals surface area (Å²) in [6, 6.07) is 11.3. The highest BCUT2D eigenvalue weighted by atomic mass is 15.0.